The van der Waals surface area contributed by atoms with Crippen LogP contribution < -0.4 is 37.6 Å². The summed E-state index contributed by atoms with van der Waals surface area (Å²) in [5, 5.41) is 34.6. The van der Waals surface area contributed by atoms with Crippen LogP contribution in [0.4, 0.5) is 0 Å². The summed E-state index contributed by atoms with van der Waals surface area (Å²) in [5.74, 6) is -8.04. The number of aromatic hydroxyl groups is 1. The van der Waals surface area contributed by atoms with Crippen molar-refractivity contribution >= 4 is 47.4 Å². The lowest BCUT2D eigenvalue weighted by Gasteiger charge is -2.29. The van der Waals surface area contributed by atoms with E-state index in [0.717, 1.165) is 0 Å². The number of phenolic OH excluding ortho intramolecular Hbond substituents is 1. The summed E-state index contributed by atoms with van der Waals surface area (Å²) in [7, 11) is 1.19. The van der Waals surface area contributed by atoms with Crippen LogP contribution in [0.2, 0.25) is 0 Å². The highest BCUT2D eigenvalue weighted by atomic mass is 16.5. The molecule has 56 heavy (non-hydrogen) atoms. The Morgan fingerprint density at radius 1 is 0.643 bits per heavy atom. The van der Waals surface area contributed by atoms with Gasteiger partial charge in [0.15, 0.2) is 0 Å². The van der Waals surface area contributed by atoms with Gasteiger partial charge in [0.25, 0.3) is 0 Å². The minimum absolute atomic E-state index is 0.0283. The molecule has 0 aromatic heterocycles. The number of amides is 6. The van der Waals surface area contributed by atoms with E-state index in [2.05, 4.69) is 31.9 Å². The molecule has 306 valence electrons. The molecule has 0 bridgehead atoms. The molecule has 0 unspecified atom stereocenters. The van der Waals surface area contributed by atoms with Gasteiger partial charge >= 0.3 is 11.9 Å². The predicted octanol–water partition coefficient (Wildman–Crippen LogP) is -0.975. The minimum atomic E-state index is -1.71. The number of phenols is 1. The second-order valence-corrected chi connectivity index (χ2v) is 13.9. The predicted molar refractivity (Wildman–Crippen MR) is 202 cm³/mol. The number of hydrogen-bond donors (Lipinski definition) is 9. The first kappa shape index (κ1) is 46.1. The van der Waals surface area contributed by atoms with E-state index in [9.17, 15) is 48.6 Å². The number of methoxy groups -OCH3 is 1. The first-order valence-electron chi connectivity index (χ1n) is 18.0. The second-order valence-electron chi connectivity index (χ2n) is 13.9. The zero-order valence-corrected chi connectivity index (χ0v) is 32.3. The van der Waals surface area contributed by atoms with Crippen LogP contribution in [0.5, 0.6) is 5.75 Å². The van der Waals surface area contributed by atoms with Gasteiger partial charge in [-0.05, 0) is 48.4 Å². The van der Waals surface area contributed by atoms with E-state index in [1.165, 1.54) is 26.2 Å². The first-order valence-corrected chi connectivity index (χ1v) is 18.0. The molecule has 2 aromatic carbocycles. The molecule has 0 aliphatic heterocycles. The molecular weight excluding hydrogens is 730 g/mol. The summed E-state index contributed by atoms with van der Waals surface area (Å²) >= 11 is 0. The quantitative estimate of drug-likeness (QED) is 0.0652. The lowest BCUT2D eigenvalue weighted by molar-refractivity contribution is -0.144. The molecule has 0 aliphatic rings. The van der Waals surface area contributed by atoms with Gasteiger partial charge in [0.05, 0.1) is 26.1 Å². The highest BCUT2D eigenvalue weighted by Gasteiger charge is 2.35. The number of carbonyl (C=O) groups is 8. The Balaban J connectivity index is 2.30. The number of hydrogen-bond acceptors (Lipinski definition) is 11. The van der Waals surface area contributed by atoms with Gasteiger partial charge in [0.1, 0.15) is 36.0 Å². The van der Waals surface area contributed by atoms with Gasteiger partial charge < -0.3 is 47.3 Å². The normalized spacial score (nSPS) is 14.2. The minimum Gasteiger partial charge on any atom is -0.508 e. The lowest BCUT2D eigenvalue weighted by Crippen LogP contribution is -2.61. The fourth-order valence-corrected chi connectivity index (χ4v) is 5.46. The number of carboxylic acid groups (broad SMARTS) is 1. The number of esters is 1. The van der Waals surface area contributed by atoms with Crippen LogP contribution in [0.15, 0.2) is 54.6 Å². The van der Waals surface area contributed by atoms with Crippen molar-refractivity contribution in [2.24, 2.45) is 17.6 Å². The van der Waals surface area contributed by atoms with Gasteiger partial charge in [-0.3, -0.25) is 43.7 Å². The van der Waals surface area contributed by atoms with Crippen LogP contribution in [0, 0.1) is 11.8 Å². The maximum Gasteiger partial charge on any atom is 0.323 e. The maximum atomic E-state index is 13.8. The number of carbonyl (C=O) groups excluding carboxylic acids is 7. The highest BCUT2D eigenvalue weighted by molar-refractivity contribution is 5.97. The molecule has 0 saturated carbocycles. The molecule has 0 saturated heterocycles. The Morgan fingerprint density at radius 2 is 1.14 bits per heavy atom. The molecule has 18 heteroatoms. The van der Waals surface area contributed by atoms with Crippen molar-refractivity contribution in [3.63, 3.8) is 0 Å². The van der Waals surface area contributed by atoms with Crippen molar-refractivity contribution in [1.29, 1.82) is 0 Å². The number of aliphatic carboxylic acids is 1. The van der Waals surface area contributed by atoms with Gasteiger partial charge in [0, 0.05) is 6.42 Å². The van der Waals surface area contributed by atoms with E-state index in [4.69, 9.17) is 10.5 Å². The summed E-state index contributed by atoms with van der Waals surface area (Å²) in [6.07, 6.45) is -0.872. The standard InChI is InChI=1S/C38H53N7O11/c1-20(2)31(36(53)40-19-29(39)47)45-37(54)32(21(3)4)44-35(52)27(18-30(48)49)43-34(51)26(16-23-10-8-7-9-11-23)42-33(50)22(5)41-28(38(55)56-6)17-24-12-14-25(46)15-13-24/h7-15,20-22,26-28,31-32,41,46H,16-19H2,1-6H3,(H2,39,47)(H,40,53)(H,42,50)(H,43,51)(H,44,52)(H,45,54)(H,48,49)/t22-,26+,27+,28+,31+,32+/m1/s1. The van der Waals surface area contributed by atoms with Crippen LogP contribution in [0.25, 0.3) is 0 Å². The van der Waals surface area contributed by atoms with Gasteiger partial charge in [-0.15, -0.1) is 0 Å². The van der Waals surface area contributed by atoms with Crippen LogP contribution in [0.1, 0.15) is 52.2 Å². The van der Waals surface area contributed by atoms with Gasteiger partial charge in [0.2, 0.25) is 35.4 Å². The van der Waals surface area contributed by atoms with Crippen LogP contribution in [-0.4, -0.2) is 108 Å². The molecule has 0 fully saturated rings. The molecule has 6 atom stereocenters. The summed E-state index contributed by atoms with van der Waals surface area (Å²) in [5.41, 5.74) is 6.38. The maximum absolute atomic E-state index is 13.8. The first-order chi connectivity index (χ1) is 26.3. The number of primary amides is 1. The average molecular weight is 784 g/mol. The third-order valence-corrected chi connectivity index (χ3v) is 8.56. The number of benzene rings is 2. The van der Waals surface area contributed by atoms with Gasteiger partial charge in [-0.25, -0.2) is 0 Å². The summed E-state index contributed by atoms with van der Waals surface area (Å²) in [6.45, 7) is 7.49. The molecule has 0 spiro atoms. The number of nitrogens with two attached hydrogens (primary N) is 1. The van der Waals surface area contributed by atoms with Crippen LogP contribution in [-0.2, 0) is 55.9 Å². The van der Waals surface area contributed by atoms with Crippen molar-refractivity contribution < 1.29 is 53.3 Å². The fourth-order valence-electron chi connectivity index (χ4n) is 5.46. The fraction of sp³-hybridized carbons (Fsp3) is 0.474. The number of carboxylic acids is 1. The van der Waals surface area contributed by atoms with Crippen LogP contribution in [0.3, 0.4) is 0 Å². The average Bonchev–Trinajstić information content (AvgIpc) is 3.14. The van der Waals surface area contributed by atoms with Crippen molar-refractivity contribution in [2.75, 3.05) is 13.7 Å². The van der Waals surface area contributed by atoms with E-state index in [1.54, 1.807) is 70.2 Å². The molecule has 0 aliphatic carbocycles. The Kier molecular flexibility index (Phi) is 18.4. The number of nitrogens with one attached hydrogen (secondary N) is 6. The third-order valence-electron chi connectivity index (χ3n) is 8.56. The molecule has 6 amide bonds. The van der Waals surface area contributed by atoms with E-state index < -0.39 is 108 Å². The molecule has 10 N–H and O–H groups in total. The summed E-state index contributed by atoms with van der Waals surface area (Å²) < 4.78 is 4.91. The molecule has 2 rings (SSSR count). The van der Waals surface area contributed by atoms with Gasteiger partial charge in [-0.1, -0.05) is 70.2 Å². The SMILES string of the molecule is COC(=O)[C@H](Cc1ccc(O)cc1)N[C@H](C)C(=O)N[C@@H](Cc1ccccc1)C(=O)N[C@@H](CC(=O)O)C(=O)N[C@H](C(=O)N[C@H](C(=O)NCC(N)=O)C(C)C)C(C)C. The smallest absolute Gasteiger partial charge is 0.323 e. The van der Waals surface area contributed by atoms with Crippen molar-refractivity contribution in [3.05, 3.63) is 65.7 Å². The Labute approximate surface area is 325 Å². The topological polar surface area (TPSA) is 284 Å². The van der Waals surface area contributed by atoms with E-state index in [1.807, 2.05) is 0 Å². The van der Waals surface area contributed by atoms with Crippen molar-refractivity contribution in [3.8, 4) is 5.75 Å². The van der Waals surface area contributed by atoms with E-state index >= 15 is 0 Å². The molecular formula is C38H53N7O11. The number of rotatable bonds is 22. The third kappa shape index (κ3) is 15.4. The van der Waals surface area contributed by atoms with E-state index in [0.29, 0.717) is 11.1 Å². The monoisotopic (exact) mass is 783 g/mol. The van der Waals surface area contributed by atoms with Crippen LogP contribution >= 0.6 is 0 Å². The molecule has 2 aromatic rings. The second kappa shape index (κ2) is 22.4. The largest absolute Gasteiger partial charge is 0.508 e. The number of ether oxygens (including phenoxy) is 1. The Hall–Kier alpha value is -6.04. The highest BCUT2D eigenvalue weighted by Crippen LogP contribution is 2.13. The van der Waals surface area contributed by atoms with Crippen molar-refractivity contribution in [1.82, 2.24) is 31.9 Å². The van der Waals surface area contributed by atoms with Crippen molar-refractivity contribution in [2.45, 2.75) is 90.1 Å². The summed E-state index contributed by atoms with van der Waals surface area (Å²) in [4.78, 5) is 103. The molecule has 0 radical (unpaired) electrons. The summed E-state index contributed by atoms with van der Waals surface area (Å²) in [6, 6.07) is 7.12. The van der Waals surface area contributed by atoms with E-state index in [-0.39, 0.29) is 18.6 Å². The zero-order valence-electron chi connectivity index (χ0n) is 32.3. The zero-order chi connectivity index (χ0) is 42.1. The molecule has 0 heterocycles. The molecule has 18 nitrogen and oxygen atoms in total. The Bertz CT molecular complexity index is 1690. The van der Waals surface area contributed by atoms with Gasteiger partial charge in [-0.2, -0.15) is 0 Å². The Morgan fingerprint density at radius 3 is 1.68 bits per heavy atom. The lowest BCUT2D eigenvalue weighted by atomic mass is 9.99.